The van der Waals surface area contributed by atoms with Crippen LogP contribution in [0.4, 0.5) is 0 Å². The zero-order valence-corrected chi connectivity index (χ0v) is 17.2. The quantitative estimate of drug-likeness (QED) is 0.344. The van der Waals surface area contributed by atoms with Crippen molar-refractivity contribution in [1.82, 2.24) is 4.90 Å². The van der Waals surface area contributed by atoms with E-state index in [2.05, 4.69) is 15.9 Å². The third-order valence-corrected chi connectivity index (χ3v) is 5.70. The maximum atomic E-state index is 12.6. The molecule has 2 N–H and O–H groups in total. The summed E-state index contributed by atoms with van der Waals surface area (Å²) in [6.07, 6.45) is 3.85. The Morgan fingerprint density at radius 1 is 1.38 bits per heavy atom. The van der Waals surface area contributed by atoms with Gasteiger partial charge in [0.15, 0.2) is 11.5 Å². The molecule has 0 radical (unpaired) electrons. The molecule has 0 bridgehead atoms. The number of hydrogen-bond acceptors (Lipinski definition) is 6. The number of ether oxygens (including phenoxy) is 1. The normalized spacial score (nSPS) is 15.8. The van der Waals surface area contributed by atoms with E-state index in [0.29, 0.717) is 44.4 Å². The predicted molar refractivity (Wildman–Crippen MR) is 108 cm³/mol. The fraction of sp³-hybridized carbons (Fsp3) is 0.353. The number of benzene rings is 1. The van der Waals surface area contributed by atoms with Crippen LogP contribution in [-0.2, 0) is 9.59 Å². The number of thiocarbonyl (C=S) groups is 1. The van der Waals surface area contributed by atoms with Gasteiger partial charge in [-0.1, -0.05) is 30.4 Å². The van der Waals surface area contributed by atoms with Gasteiger partial charge in [-0.3, -0.25) is 14.5 Å². The first-order valence-electron chi connectivity index (χ1n) is 7.87. The number of carbonyl (C=O) groups is 2. The molecule has 1 aliphatic heterocycles. The highest BCUT2D eigenvalue weighted by atomic mass is 79.9. The summed E-state index contributed by atoms with van der Waals surface area (Å²) in [5, 5.41) is 18.5. The molecular weight excluding hydrogens is 442 g/mol. The third kappa shape index (κ3) is 5.21. The molecule has 140 valence electrons. The van der Waals surface area contributed by atoms with Gasteiger partial charge in [0.1, 0.15) is 4.32 Å². The van der Waals surface area contributed by atoms with Crippen molar-refractivity contribution in [2.75, 3.05) is 13.7 Å². The number of carboxylic acid groups (broad SMARTS) is 1. The number of hydrogen-bond donors (Lipinski definition) is 2. The monoisotopic (exact) mass is 459 g/mol. The van der Waals surface area contributed by atoms with Crippen molar-refractivity contribution in [3.63, 3.8) is 0 Å². The Balaban J connectivity index is 2.05. The van der Waals surface area contributed by atoms with Crippen LogP contribution >= 0.6 is 39.9 Å². The molecule has 1 aliphatic rings. The van der Waals surface area contributed by atoms with Crippen LogP contribution in [0.2, 0.25) is 0 Å². The first-order chi connectivity index (χ1) is 12.3. The van der Waals surface area contributed by atoms with Gasteiger partial charge >= 0.3 is 5.97 Å². The zero-order chi connectivity index (χ0) is 19.3. The molecule has 1 amide bonds. The molecule has 0 saturated carbocycles. The number of aromatic hydroxyl groups is 1. The molecule has 0 atom stereocenters. The van der Waals surface area contributed by atoms with E-state index >= 15 is 0 Å². The van der Waals surface area contributed by atoms with Gasteiger partial charge in [0.05, 0.1) is 16.5 Å². The summed E-state index contributed by atoms with van der Waals surface area (Å²) < 4.78 is 6.07. The minimum Gasteiger partial charge on any atom is -0.503 e. The van der Waals surface area contributed by atoms with Crippen LogP contribution in [0, 0.1) is 0 Å². The molecule has 9 heteroatoms. The van der Waals surface area contributed by atoms with Gasteiger partial charge in [0.25, 0.3) is 5.91 Å². The van der Waals surface area contributed by atoms with E-state index in [9.17, 15) is 14.7 Å². The number of phenolic OH excluding ortho intramolecular Hbond substituents is 1. The molecule has 0 aliphatic carbocycles. The van der Waals surface area contributed by atoms with Crippen LogP contribution in [0.5, 0.6) is 11.5 Å². The highest BCUT2D eigenvalue weighted by molar-refractivity contribution is 9.10. The number of carboxylic acids is 1. The van der Waals surface area contributed by atoms with E-state index in [1.807, 2.05) is 0 Å². The number of rotatable bonds is 8. The number of phenols is 1. The summed E-state index contributed by atoms with van der Waals surface area (Å²) in [5.74, 6) is -0.673. The lowest BCUT2D eigenvalue weighted by Crippen LogP contribution is -2.29. The SMILES string of the molecule is COc1cc(C=C2SC(=S)N(CCCCCC(=O)O)C2=O)cc(Br)c1O. The molecule has 6 nitrogen and oxygen atoms in total. The number of carbonyl (C=O) groups excluding carboxylic acids is 1. The van der Waals surface area contributed by atoms with Crippen molar-refractivity contribution in [3.05, 3.63) is 27.1 Å². The number of thioether (sulfide) groups is 1. The topological polar surface area (TPSA) is 87.1 Å². The van der Waals surface area contributed by atoms with Crippen LogP contribution in [0.3, 0.4) is 0 Å². The van der Waals surface area contributed by atoms with Crippen LogP contribution in [0.25, 0.3) is 6.08 Å². The molecule has 0 unspecified atom stereocenters. The first kappa shape index (κ1) is 20.7. The van der Waals surface area contributed by atoms with E-state index in [0.717, 1.165) is 6.42 Å². The summed E-state index contributed by atoms with van der Waals surface area (Å²) >= 11 is 9.77. The van der Waals surface area contributed by atoms with Crippen LogP contribution < -0.4 is 4.74 Å². The molecule has 1 heterocycles. The van der Waals surface area contributed by atoms with Crippen molar-refractivity contribution in [2.45, 2.75) is 25.7 Å². The van der Waals surface area contributed by atoms with E-state index in [1.165, 1.54) is 18.9 Å². The van der Waals surface area contributed by atoms with Crippen molar-refractivity contribution in [1.29, 1.82) is 0 Å². The Kier molecular flexibility index (Phi) is 7.48. The highest BCUT2D eigenvalue weighted by Gasteiger charge is 2.31. The molecule has 2 rings (SSSR count). The Morgan fingerprint density at radius 3 is 2.77 bits per heavy atom. The van der Waals surface area contributed by atoms with Crippen LogP contribution in [-0.4, -0.2) is 45.0 Å². The van der Waals surface area contributed by atoms with Gasteiger partial charge in [-0.25, -0.2) is 0 Å². The van der Waals surface area contributed by atoms with Gasteiger partial charge in [0.2, 0.25) is 0 Å². The Labute approximate surface area is 169 Å². The zero-order valence-electron chi connectivity index (χ0n) is 14.0. The molecule has 1 aromatic carbocycles. The second-order valence-corrected chi connectivity index (χ2v) is 8.12. The minimum absolute atomic E-state index is 0.00133. The van der Waals surface area contributed by atoms with Gasteiger partial charge in [-0.15, -0.1) is 0 Å². The number of methoxy groups -OCH3 is 1. The second-order valence-electron chi connectivity index (χ2n) is 5.59. The Morgan fingerprint density at radius 2 is 2.12 bits per heavy atom. The summed E-state index contributed by atoms with van der Waals surface area (Å²) in [5.41, 5.74) is 0.702. The lowest BCUT2D eigenvalue weighted by atomic mass is 10.1. The molecule has 26 heavy (non-hydrogen) atoms. The van der Waals surface area contributed by atoms with Crippen molar-refractivity contribution in [3.8, 4) is 11.5 Å². The van der Waals surface area contributed by atoms with E-state index < -0.39 is 5.97 Å². The van der Waals surface area contributed by atoms with E-state index in [-0.39, 0.29) is 18.1 Å². The molecule has 0 spiro atoms. The van der Waals surface area contributed by atoms with Crippen LogP contribution in [0.15, 0.2) is 21.5 Å². The first-order valence-corrected chi connectivity index (χ1v) is 9.89. The largest absolute Gasteiger partial charge is 0.503 e. The molecule has 1 aromatic rings. The number of nitrogens with zero attached hydrogens (tertiary/aromatic N) is 1. The lowest BCUT2D eigenvalue weighted by molar-refractivity contribution is -0.137. The summed E-state index contributed by atoms with van der Waals surface area (Å²) in [7, 11) is 1.45. The fourth-order valence-electron chi connectivity index (χ4n) is 2.40. The standard InChI is InChI=1S/C17H18BrNO5S2/c1-24-12-8-10(7-11(18)15(12)22)9-13-16(23)19(17(25)26-13)6-4-2-3-5-14(20)21/h7-9,22H,2-6H2,1H3,(H,20,21). The van der Waals surface area contributed by atoms with Gasteiger partial charge in [-0.05, 0) is 52.5 Å². The van der Waals surface area contributed by atoms with E-state index in [1.54, 1.807) is 23.1 Å². The predicted octanol–water partition coefficient (Wildman–Crippen LogP) is 4.01. The van der Waals surface area contributed by atoms with Crippen molar-refractivity contribution in [2.24, 2.45) is 0 Å². The van der Waals surface area contributed by atoms with Crippen LogP contribution in [0.1, 0.15) is 31.2 Å². The highest BCUT2D eigenvalue weighted by Crippen LogP contribution is 2.38. The summed E-state index contributed by atoms with van der Waals surface area (Å²) in [6.45, 7) is 0.476. The summed E-state index contributed by atoms with van der Waals surface area (Å²) in [6, 6.07) is 3.33. The second kappa shape index (κ2) is 9.38. The van der Waals surface area contributed by atoms with Gasteiger partial charge in [0, 0.05) is 13.0 Å². The minimum atomic E-state index is -0.811. The lowest BCUT2D eigenvalue weighted by Gasteiger charge is -2.13. The smallest absolute Gasteiger partial charge is 0.303 e. The molecular formula is C17H18BrNO5S2. The molecule has 0 aromatic heterocycles. The van der Waals surface area contributed by atoms with Gasteiger partial charge < -0.3 is 14.9 Å². The van der Waals surface area contributed by atoms with Crippen molar-refractivity contribution >= 4 is 62.2 Å². The maximum absolute atomic E-state index is 12.6. The molecule has 1 saturated heterocycles. The molecule has 1 fully saturated rings. The Bertz CT molecular complexity index is 766. The number of halogens is 1. The summed E-state index contributed by atoms with van der Waals surface area (Å²) in [4.78, 5) is 25.1. The average molecular weight is 460 g/mol. The van der Waals surface area contributed by atoms with Gasteiger partial charge in [-0.2, -0.15) is 0 Å². The van der Waals surface area contributed by atoms with Crippen molar-refractivity contribution < 1.29 is 24.5 Å². The average Bonchev–Trinajstić information content (AvgIpc) is 2.84. The fourth-order valence-corrected chi connectivity index (χ4v) is 4.17. The third-order valence-electron chi connectivity index (χ3n) is 3.71. The number of unbranched alkanes of at least 4 members (excludes halogenated alkanes) is 2. The number of aliphatic carboxylic acids is 1. The maximum Gasteiger partial charge on any atom is 0.303 e. The van der Waals surface area contributed by atoms with E-state index in [4.69, 9.17) is 22.1 Å². The number of amides is 1. The Hall–Kier alpha value is -1.58.